The molecule has 90 valence electrons. The second-order valence-electron chi connectivity index (χ2n) is 5.24. The zero-order valence-electron chi connectivity index (χ0n) is 11.2. The first kappa shape index (κ1) is 13.2. The molecule has 0 aliphatic heterocycles. The highest BCUT2D eigenvalue weighted by Gasteiger charge is 2.27. The predicted molar refractivity (Wildman–Crippen MR) is 72.5 cm³/mol. The van der Waals surface area contributed by atoms with E-state index >= 15 is 0 Å². The van der Waals surface area contributed by atoms with Gasteiger partial charge in [0.2, 0.25) is 0 Å². The van der Waals surface area contributed by atoms with Gasteiger partial charge >= 0.3 is 0 Å². The standard InChI is InChI=1S/C15H25N/c1-5-12-15(2,13-16(3)4)14-10-8-6-7-9-11-14/h6,8-11H,5,7,12-13H2,1-4H3. The predicted octanol–water partition coefficient (Wildman–Crippen LogP) is 3.80. The minimum Gasteiger partial charge on any atom is -0.309 e. The van der Waals surface area contributed by atoms with Gasteiger partial charge in [-0.3, -0.25) is 0 Å². The molecule has 1 aliphatic rings. The molecule has 0 aromatic carbocycles. The maximum Gasteiger partial charge on any atom is 0.00699 e. The van der Waals surface area contributed by atoms with E-state index in [1.807, 2.05) is 0 Å². The van der Waals surface area contributed by atoms with Crippen LogP contribution in [0.4, 0.5) is 0 Å². The molecule has 0 aromatic rings. The van der Waals surface area contributed by atoms with Crippen molar-refractivity contribution in [3.63, 3.8) is 0 Å². The second kappa shape index (κ2) is 6.05. The summed E-state index contributed by atoms with van der Waals surface area (Å²) in [6.07, 6.45) is 14.8. The van der Waals surface area contributed by atoms with Gasteiger partial charge in [-0.2, -0.15) is 0 Å². The Morgan fingerprint density at radius 1 is 1.31 bits per heavy atom. The summed E-state index contributed by atoms with van der Waals surface area (Å²) in [5, 5.41) is 0. The Bertz CT molecular complexity index is 297. The van der Waals surface area contributed by atoms with E-state index in [1.165, 1.54) is 18.4 Å². The molecule has 0 spiro atoms. The molecule has 16 heavy (non-hydrogen) atoms. The average Bonchev–Trinajstić information content (AvgIpc) is 2.44. The number of nitrogens with zero attached hydrogens (tertiary/aromatic N) is 1. The molecule has 1 aliphatic carbocycles. The zero-order chi connectivity index (χ0) is 12.0. The Morgan fingerprint density at radius 2 is 2.06 bits per heavy atom. The van der Waals surface area contributed by atoms with Gasteiger partial charge in [0.15, 0.2) is 0 Å². The van der Waals surface area contributed by atoms with Gasteiger partial charge in [0, 0.05) is 12.0 Å². The fraction of sp³-hybridized carbons (Fsp3) is 0.600. The van der Waals surface area contributed by atoms with Gasteiger partial charge in [-0.25, -0.2) is 0 Å². The Kier molecular flexibility index (Phi) is 5.01. The molecule has 1 rings (SSSR count). The first-order valence-electron chi connectivity index (χ1n) is 6.27. The molecule has 1 heteroatoms. The average molecular weight is 219 g/mol. The van der Waals surface area contributed by atoms with Crippen molar-refractivity contribution in [2.45, 2.75) is 33.1 Å². The highest BCUT2D eigenvalue weighted by molar-refractivity contribution is 5.33. The topological polar surface area (TPSA) is 3.24 Å². The maximum absolute atomic E-state index is 2.38. The van der Waals surface area contributed by atoms with Crippen molar-refractivity contribution in [2.24, 2.45) is 5.41 Å². The lowest BCUT2D eigenvalue weighted by Crippen LogP contribution is -2.32. The Balaban J connectivity index is 2.90. The van der Waals surface area contributed by atoms with Crippen LogP contribution in [0.15, 0.2) is 36.0 Å². The molecule has 0 saturated heterocycles. The quantitative estimate of drug-likeness (QED) is 0.680. The van der Waals surface area contributed by atoms with E-state index in [-0.39, 0.29) is 5.41 Å². The van der Waals surface area contributed by atoms with Gasteiger partial charge in [-0.05, 0) is 32.5 Å². The highest BCUT2D eigenvalue weighted by Crippen LogP contribution is 2.34. The van der Waals surface area contributed by atoms with E-state index in [4.69, 9.17) is 0 Å². The molecule has 0 amide bonds. The normalized spacial score (nSPS) is 19.4. The van der Waals surface area contributed by atoms with Gasteiger partial charge in [-0.1, -0.05) is 50.6 Å². The Hall–Kier alpha value is -0.820. The first-order chi connectivity index (χ1) is 7.58. The fourth-order valence-electron chi connectivity index (χ4n) is 2.55. The van der Waals surface area contributed by atoms with Crippen LogP contribution < -0.4 is 0 Å². The summed E-state index contributed by atoms with van der Waals surface area (Å²) in [5.74, 6) is 0. The minimum atomic E-state index is 0.281. The third kappa shape index (κ3) is 3.64. The van der Waals surface area contributed by atoms with Crippen molar-refractivity contribution in [3.05, 3.63) is 36.0 Å². The number of rotatable bonds is 5. The third-order valence-corrected chi connectivity index (χ3v) is 3.15. The molecule has 0 heterocycles. The number of hydrogen-bond acceptors (Lipinski definition) is 1. The summed E-state index contributed by atoms with van der Waals surface area (Å²) in [4.78, 5) is 2.29. The smallest absolute Gasteiger partial charge is 0.00699 e. The summed E-state index contributed by atoms with van der Waals surface area (Å²) in [5.41, 5.74) is 1.75. The van der Waals surface area contributed by atoms with Crippen molar-refractivity contribution in [2.75, 3.05) is 20.6 Å². The SMILES string of the molecule is CCCC(C)(CN(C)C)C1=CC=CCC=C1. The van der Waals surface area contributed by atoms with Crippen molar-refractivity contribution >= 4 is 0 Å². The third-order valence-electron chi connectivity index (χ3n) is 3.15. The molecule has 0 aromatic heterocycles. The molecule has 1 atom stereocenters. The van der Waals surface area contributed by atoms with Gasteiger partial charge in [0.25, 0.3) is 0 Å². The lowest BCUT2D eigenvalue weighted by Gasteiger charge is -2.33. The van der Waals surface area contributed by atoms with E-state index in [0.29, 0.717) is 0 Å². The summed E-state index contributed by atoms with van der Waals surface area (Å²) in [6.45, 7) is 5.77. The van der Waals surface area contributed by atoms with Crippen molar-refractivity contribution in [1.29, 1.82) is 0 Å². The highest BCUT2D eigenvalue weighted by atomic mass is 15.1. The van der Waals surface area contributed by atoms with Crippen LogP contribution in [0, 0.1) is 5.41 Å². The molecule has 1 nitrogen and oxygen atoms in total. The molecule has 0 fully saturated rings. The van der Waals surface area contributed by atoms with E-state index in [9.17, 15) is 0 Å². The monoisotopic (exact) mass is 219 g/mol. The first-order valence-corrected chi connectivity index (χ1v) is 6.27. The van der Waals surface area contributed by atoms with Crippen LogP contribution in [0.5, 0.6) is 0 Å². The lowest BCUT2D eigenvalue weighted by atomic mass is 9.77. The summed E-state index contributed by atoms with van der Waals surface area (Å²) in [6, 6.07) is 0. The molecule has 0 N–H and O–H groups in total. The number of allylic oxidation sites excluding steroid dienone is 5. The Labute approximate surface area is 101 Å². The van der Waals surface area contributed by atoms with Crippen molar-refractivity contribution in [3.8, 4) is 0 Å². The second-order valence-corrected chi connectivity index (χ2v) is 5.24. The summed E-state index contributed by atoms with van der Waals surface area (Å²) >= 11 is 0. The lowest BCUT2D eigenvalue weighted by molar-refractivity contribution is 0.246. The molecular formula is C15H25N. The van der Waals surface area contributed by atoms with Crippen LogP contribution >= 0.6 is 0 Å². The van der Waals surface area contributed by atoms with Crippen molar-refractivity contribution in [1.82, 2.24) is 4.90 Å². The maximum atomic E-state index is 2.38. The van der Waals surface area contributed by atoms with E-state index in [0.717, 1.165) is 13.0 Å². The molecule has 0 bridgehead atoms. The molecule has 0 saturated carbocycles. The van der Waals surface area contributed by atoms with Crippen LogP contribution in [0.2, 0.25) is 0 Å². The minimum absolute atomic E-state index is 0.281. The molecular weight excluding hydrogens is 194 g/mol. The van der Waals surface area contributed by atoms with Crippen LogP contribution in [-0.4, -0.2) is 25.5 Å². The van der Waals surface area contributed by atoms with Gasteiger partial charge in [0.1, 0.15) is 0 Å². The van der Waals surface area contributed by atoms with E-state index in [1.54, 1.807) is 0 Å². The number of hydrogen-bond donors (Lipinski definition) is 0. The van der Waals surface area contributed by atoms with Gasteiger partial charge in [-0.15, -0.1) is 0 Å². The van der Waals surface area contributed by atoms with Crippen molar-refractivity contribution < 1.29 is 0 Å². The van der Waals surface area contributed by atoms with Gasteiger partial charge < -0.3 is 4.90 Å². The van der Waals surface area contributed by atoms with Crippen LogP contribution in [0.1, 0.15) is 33.1 Å². The Morgan fingerprint density at radius 3 is 2.69 bits per heavy atom. The zero-order valence-corrected chi connectivity index (χ0v) is 11.2. The summed E-state index contributed by atoms with van der Waals surface area (Å²) < 4.78 is 0. The van der Waals surface area contributed by atoms with E-state index in [2.05, 4.69) is 63.2 Å². The van der Waals surface area contributed by atoms with Crippen LogP contribution in [-0.2, 0) is 0 Å². The van der Waals surface area contributed by atoms with Crippen LogP contribution in [0.3, 0.4) is 0 Å². The molecule has 0 radical (unpaired) electrons. The van der Waals surface area contributed by atoms with E-state index < -0.39 is 0 Å². The summed E-state index contributed by atoms with van der Waals surface area (Å²) in [7, 11) is 4.31. The van der Waals surface area contributed by atoms with Crippen LogP contribution in [0.25, 0.3) is 0 Å². The van der Waals surface area contributed by atoms with Gasteiger partial charge in [0.05, 0.1) is 0 Å². The largest absolute Gasteiger partial charge is 0.309 e. The molecule has 1 unspecified atom stereocenters. The fourth-order valence-corrected chi connectivity index (χ4v) is 2.55.